The molecule has 1 heterocycles. The number of hydrogen-bond acceptors (Lipinski definition) is 8. The lowest BCUT2D eigenvalue weighted by atomic mass is 10.1. The molecule has 8 nitrogen and oxygen atoms in total. The summed E-state index contributed by atoms with van der Waals surface area (Å²) in [5, 5.41) is 10.7. The topological polar surface area (TPSA) is 114 Å². The van der Waals surface area contributed by atoms with Crippen molar-refractivity contribution in [2.75, 3.05) is 20.0 Å². The molecule has 0 aliphatic rings. The van der Waals surface area contributed by atoms with Gasteiger partial charge in [0.25, 0.3) is 5.69 Å². The highest BCUT2D eigenvalue weighted by atomic mass is 32.1. The van der Waals surface area contributed by atoms with E-state index in [1.807, 2.05) is 6.07 Å². The maximum atomic E-state index is 11.8. The first-order chi connectivity index (χ1) is 13.9. The fraction of sp³-hybridized carbons (Fsp3) is 0.150. The van der Waals surface area contributed by atoms with Crippen LogP contribution >= 0.6 is 11.3 Å². The molecule has 9 heteroatoms. The third-order valence-electron chi connectivity index (χ3n) is 4.12. The smallest absolute Gasteiger partial charge is 0.350 e. The second kappa shape index (κ2) is 8.61. The SMILES string of the molecule is COC(=O)c1sc(-c2ccc(OCc3ccc([N+](=O)[O-])cc3)c(OC)c2)cc1N. The molecule has 0 aliphatic carbocycles. The van der Waals surface area contributed by atoms with Gasteiger partial charge in [0.15, 0.2) is 11.5 Å². The number of methoxy groups -OCH3 is 2. The monoisotopic (exact) mass is 414 g/mol. The van der Waals surface area contributed by atoms with Crippen LogP contribution in [-0.2, 0) is 11.3 Å². The summed E-state index contributed by atoms with van der Waals surface area (Å²) in [6.45, 7) is 0.228. The zero-order valence-corrected chi connectivity index (χ0v) is 16.5. The number of esters is 1. The van der Waals surface area contributed by atoms with Crippen LogP contribution in [0, 0.1) is 10.1 Å². The zero-order valence-electron chi connectivity index (χ0n) is 15.7. The molecule has 2 N–H and O–H groups in total. The number of nitrogens with two attached hydrogens (primary N) is 1. The minimum Gasteiger partial charge on any atom is -0.493 e. The molecule has 0 bridgehead atoms. The summed E-state index contributed by atoms with van der Waals surface area (Å²) in [4.78, 5) is 23.2. The van der Waals surface area contributed by atoms with E-state index in [0.717, 1.165) is 16.0 Å². The Hall–Kier alpha value is -3.59. The summed E-state index contributed by atoms with van der Waals surface area (Å²) in [7, 11) is 2.84. The van der Waals surface area contributed by atoms with Gasteiger partial charge in [-0.3, -0.25) is 10.1 Å². The minimum atomic E-state index is -0.478. The Bertz CT molecular complexity index is 1050. The molecule has 0 atom stereocenters. The van der Waals surface area contributed by atoms with Crippen molar-refractivity contribution in [3.8, 4) is 21.9 Å². The predicted octanol–water partition coefficient (Wildman–Crippen LogP) is 4.28. The van der Waals surface area contributed by atoms with Crippen molar-refractivity contribution in [1.29, 1.82) is 0 Å². The van der Waals surface area contributed by atoms with Crippen molar-refractivity contribution in [3.63, 3.8) is 0 Å². The van der Waals surface area contributed by atoms with Crippen molar-refractivity contribution < 1.29 is 23.9 Å². The van der Waals surface area contributed by atoms with E-state index in [0.29, 0.717) is 22.1 Å². The Balaban J connectivity index is 1.78. The van der Waals surface area contributed by atoms with E-state index in [9.17, 15) is 14.9 Å². The Labute approximate surface area is 170 Å². The number of thiophene rings is 1. The van der Waals surface area contributed by atoms with Gasteiger partial charge in [0, 0.05) is 17.0 Å². The standard InChI is InChI=1S/C20H18N2O6S/c1-26-17-9-13(18-10-15(21)19(29-18)20(23)27-2)5-8-16(17)28-11-12-3-6-14(7-4-12)22(24)25/h3-10H,11,21H2,1-2H3. The molecule has 0 spiro atoms. The summed E-state index contributed by atoms with van der Waals surface area (Å²) in [5.74, 6) is 0.553. The van der Waals surface area contributed by atoms with E-state index in [1.54, 1.807) is 30.3 Å². The van der Waals surface area contributed by atoms with Gasteiger partial charge in [-0.1, -0.05) is 0 Å². The fourth-order valence-electron chi connectivity index (χ4n) is 2.61. The Morgan fingerprint density at radius 3 is 2.45 bits per heavy atom. The van der Waals surface area contributed by atoms with Gasteiger partial charge in [0.2, 0.25) is 0 Å². The highest BCUT2D eigenvalue weighted by Gasteiger charge is 2.17. The molecule has 0 unspecified atom stereocenters. The fourth-order valence-corrected chi connectivity index (χ4v) is 3.61. The second-order valence-corrected chi connectivity index (χ2v) is 7.02. The lowest BCUT2D eigenvalue weighted by Gasteiger charge is -2.12. The number of nitro groups is 1. The Morgan fingerprint density at radius 1 is 1.10 bits per heavy atom. The molecule has 0 saturated heterocycles. The number of rotatable bonds is 7. The van der Waals surface area contributed by atoms with Crippen LogP contribution in [0.1, 0.15) is 15.2 Å². The summed E-state index contributed by atoms with van der Waals surface area (Å²) in [5.41, 5.74) is 7.89. The largest absolute Gasteiger partial charge is 0.493 e. The number of non-ortho nitro benzene ring substituents is 1. The van der Waals surface area contributed by atoms with Gasteiger partial charge in [-0.15, -0.1) is 11.3 Å². The molecular weight excluding hydrogens is 396 g/mol. The number of anilines is 1. The molecule has 29 heavy (non-hydrogen) atoms. The first-order valence-corrected chi connectivity index (χ1v) is 9.26. The van der Waals surface area contributed by atoms with Crippen LogP contribution in [0.4, 0.5) is 11.4 Å². The quantitative estimate of drug-likeness (QED) is 0.349. The predicted molar refractivity (Wildman–Crippen MR) is 109 cm³/mol. The van der Waals surface area contributed by atoms with Gasteiger partial charge >= 0.3 is 5.97 Å². The summed E-state index contributed by atoms with van der Waals surface area (Å²) in [6.07, 6.45) is 0. The average molecular weight is 414 g/mol. The number of hydrogen-bond donors (Lipinski definition) is 1. The van der Waals surface area contributed by atoms with E-state index in [2.05, 4.69) is 0 Å². The average Bonchev–Trinajstić information content (AvgIpc) is 3.13. The van der Waals surface area contributed by atoms with Crippen LogP contribution < -0.4 is 15.2 Å². The van der Waals surface area contributed by atoms with Crippen molar-refractivity contribution in [2.24, 2.45) is 0 Å². The van der Waals surface area contributed by atoms with E-state index in [-0.39, 0.29) is 12.3 Å². The van der Waals surface area contributed by atoms with Crippen molar-refractivity contribution >= 4 is 28.7 Å². The van der Waals surface area contributed by atoms with Gasteiger partial charge in [0.1, 0.15) is 11.5 Å². The van der Waals surface area contributed by atoms with E-state index >= 15 is 0 Å². The number of ether oxygens (including phenoxy) is 3. The number of nitrogens with zero attached hydrogens (tertiary/aromatic N) is 1. The third kappa shape index (κ3) is 4.46. The number of nitro benzene ring substituents is 1. The Morgan fingerprint density at radius 2 is 1.83 bits per heavy atom. The maximum Gasteiger partial charge on any atom is 0.350 e. The van der Waals surface area contributed by atoms with Crippen molar-refractivity contribution in [3.05, 3.63) is 69.1 Å². The first-order valence-electron chi connectivity index (χ1n) is 8.45. The molecule has 0 radical (unpaired) electrons. The molecule has 3 aromatic rings. The molecule has 3 rings (SSSR count). The van der Waals surface area contributed by atoms with E-state index < -0.39 is 10.9 Å². The molecule has 150 valence electrons. The normalized spacial score (nSPS) is 10.4. The van der Waals surface area contributed by atoms with Gasteiger partial charge in [0.05, 0.1) is 24.8 Å². The van der Waals surface area contributed by atoms with Crippen LogP contribution in [0.25, 0.3) is 10.4 Å². The van der Waals surface area contributed by atoms with E-state index in [4.69, 9.17) is 19.9 Å². The molecule has 0 aliphatic heterocycles. The van der Waals surface area contributed by atoms with Crippen molar-refractivity contribution in [2.45, 2.75) is 6.61 Å². The number of nitrogen functional groups attached to an aromatic ring is 1. The lowest BCUT2D eigenvalue weighted by molar-refractivity contribution is -0.384. The molecule has 1 aromatic heterocycles. The summed E-state index contributed by atoms with van der Waals surface area (Å²) < 4.78 is 16.0. The first kappa shape index (κ1) is 20.2. The second-order valence-electron chi connectivity index (χ2n) is 5.96. The van der Waals surface area contributed by atoms with Gasteiger partial charge < -0.3 is 19.9 Å². The van der Waals surface area contributed by atoms with Crippen LogP contribution in [0.5, 0.6) is 11.5 Å². The maximum absolute atomic E-state index is 11.8. The van der Waals surface area contributed by atoms with Crippen LogP contribution in [0.3, 0.4) is 0 Å². The molecule has 0 saturated carbocycles. The van der Waals surface area contributed by atoms with Crippen LogP contribution in [-0.4, -0.2) is 25.1 Å². The highest BCUT2D eigenvalue weighted by molar-refractivity contribution is 7.18. The highest BCUT2D eigenvalue weighted by Crippen LogP contribution is 2.38. The Kier molecular flexibility index (Phi) is 5.99. The zero-order chi connectivity index (χ0) is 21.0. The third-order valence-corrected chi connectivity index (χ3v) is 5.30. The van der Waals surface area contributed by atoms with Gasteiger partial charge in [-0.25, -0.2) is 4.79 Å². The van der Waals surface area contributed by atoms with Crippen LogP contribution in [0.15, 0.2) is 48.5 Å². The molecule has 2 aromatic carbocycles. The van der Waals surface area contributed by atoms with Crippen molar-refractivity contribution in [1.82, 2.24) is 0 Å². The van der Waals surface area contributed by atoms with E-state index in [1.165, 1.54) is 37.7 Å². The molecular formula is C20H18N2O6S. The van der Waals surface area contributed by atoms with Gasteiger partial charge in [-0.05, 0) is 47.5 Å². The molecule has 0 fully saturated rings. The summed E-state index contributed by atoms with van der Waals surface area (Å²) >= 11 is 1.23. The number of benzene rings is 2. The molecule has 0 amide bonds. The lowest BCUT2D eigenvalue weighted by Crippen LogP contribution is -2.00. The van der Waals surface area contributed by atoms with Gasteiger partial charge in [-0.2, -0.15) is 0 Å². The minimum absolute atomic E-state index is 0.0252. The number of carbonyl (C=O) groups excluding carboxylic acids is 1. The van der Waals surface area contributed by atoms with Crippen LogP contribution in [0.2, 0.25) is 0 Å². The number of carbonyl (C=O) groups is 1. The summed E-state index contributed by atoms with van der Waals surface area (Å²) in [6, 6.07) is 13.2.